The van der Waals surface area contributed by atoms with E-state index in [9.17, 15) is 4.79 Å². The maximum absolute atomic E-state index is 12.8. The van der Waals surface area contributed by atoms with E-state index < -0.39 is 0 Å². The molecule has 31 heavy (non-hydrogen) atoms. The average molecular weight is 422 g/mol. The van der Waals surface area contributed by atoms with Crippen LogP contribution in [-0.4, -0.2) is 68.2 Å². The largest absolute Gasteiger partial charge is 0.486 e. The molecular weight excluding hydrogens is 390 g/mol. The molecule has 0 spiro atoms. The van der Waals surface area contributed by atoms with Gasteiger partial charge in [0.2, 0.25) is 0 Å². The normalized spacial score (nSPS) is 19.4. The Balaban J connectivity index is 1.20. The van der Waals surface area contributed by atoms with Gasteiger partial charge in [-0.1, -0.05) is 18.2 Å². The van der Waals surface area contributed by atoms with Crippen LogP contribution in [0.2, 0.25) is 0 Å². The lowest BCUT2D eigenvalue weighted by Gasteiger charge is -2.37. The van der Waals surface area contributed by atoms with E-state index in [1.807, 2.05) is 29.2 Å². The zero-order chi connectivity index (χ0) is 21.0. The highest BCUT2D eigenvalue weighted by Crippen LogP contribution is 2.39. The molecule has 0 unspecified atom stereocenters. The van der Waals surface area contributed by atoms with E-state index in [1.165, 1.54) is 12.0 Å². The number of para-hydroxylation sites is 1. The number of hydrogen-bond donors (Lipinski definition) is 0. The second-order valence-corrected chi connectivity index (χ2v) is 8.62. The van der Waals surface area contributed by atoms with E-state index in [2.05, 4.69) is 28.0 Å². The number of piperazine rings is 1. The standard InChI is InChI=1S/C25H31N3O3/c29-25(28-10-2-1-3-11-28)21-7-4-6-20(18-21)19-26-12-14-27(15-13-26)22-8-5-9-23-24(22)31-17-16-30-23/h4-9,18H,1-3,10-17,19H2. The molecule has 5 rings (SSSR count). The maximum Gasteiger partial charge on any atom is 0.253 e. The summed E-state index contributed by atoms with van der Waals surface area (Å²) in [5.74, 6) is 1.91. The maximum atomic E-state index is 12.8. The minimum absolute atomic E-state index is 0.183. The van der Waals surface area contributed by atoms with Gasteiger partial charge in [0.05, 0.1) is 5.69 Å². The Bertz CT molecular complexity index is 918. The molecule has 6 heteroatoms. The molecule has 0 aromatic heterocycles. The van der Waals surface area contributed by atoms with Crippen LogP contribution in [0.4, 0.5) is 5.69 Å². The van der Waals surface area contributed by atoms with E-state index in [0.29, 0.717) is 13.2 Å². The Kier molecular flexibility index (Phi) is 5.98. The number of fused-ring (bicyclic) bond motifs is 1. The van der Waals surface area contributed by atoms with Crippen molar-refractivity contribution in [3.05, 3.63) is 53.6 Å². The van der Waals surface area contributed by atoms with Crippen molar-refractivity contribution in [1.29, 1.82) is 0 Å². The van der Waals surface area contributed by atoms with Crippen LogP contribution in [0.5, 0.6) is 11.5 Å². The third-order valence-electron chi connectivity index (χ3n) is 6.48. The van der Waals surface area contributed by atoms with Gasteiger partial charge in [0.15, 0.2) is 11.5 Å². The van der Waals surface area contributed by atoms with Gasteiger partial charge in [-0.05, 0) is 49.1 Å². The molecule has 3 heterocycles. The monoisotopic (exact) mass is 421 g/mol. The van der Waals surface area contributed by atoms with Gasteiger partial charge in [0.1, 0.15) is 13.2 Å². The molecule has 164 valence electrons. The zero-order valence-electron chi connectivity index (χ0n) is 18.1. The topological polar surface area (TPSA) is 45.3 Å². The van der Waals surface area contributed by atoms with Crippen molar-refractivity contribution in [1.82, 2.24) is 9.80 Å². The summed E-state index contributed by atoms with van der Waals surface area (Å²) < 4.78 is 11.6. The average Bonchev–Trinajstić information content (AvgIpc) is 2.84. The van der Waals surface area contributed by atoms with E-state index in [4.69, 9.17) is 9.47 Å². The Morgan fingerprint density at radius 1 is 0.839 bits per heavy atom. The first-order valence-corrected chi connectivity index (χ1v) is 11.5. The molecule has 2 aromatic carbocycles. The van der Waals surface area contributed by atoms with E-state index in [0.717, 1.165) is 81.4 Å². The summed E-state index contributed by atoms with van der Waals surface area (Å²) in [5.41, 5.74) is 3.17. The van der Waals surface area contributed by atoms with Crippen molar-refractivity contribution >= 4 is 11.6 Å². The minimum atomic E-state index is 0.183. The summed E-state index contributed by atoms with van der Waals surface area (Å²) in [5, 5.41) is 0. The number of likely N-dealkylation sites (tertiary alicyclic amines) is 1. The van der Waals surface area contributed by atoms with Crippen LogP contribution in [0.15, 0.2) is 42.5 Å². The lowest BCUT2D eigenvalue weighted by atomic mass is 10.1. The van der Waals surface area contributed by atoms with Crippen LogP contribution >= 0.6 is 0 Å². The highest BCUT2D eigenvalue weighted by atomic mass is 16.6. The third-order valence-corrected chi connectivity index (χ3v) is 6.48. The van der Waals surface area contributed by atoms with Gasteiger partial charge in [0.25, 0.3) is 5.91 Å². The summed E-state index contributed by atoms with van der Waals surface area (Å²) in [6, 6.07) is 14.3. The van der Waals surface area contributed by atoms with Gasteiger partial charge in [-0.25, -0.2) is 0 Å². The van der Waals surface area contributed by atoms with Crippen molar-refractivity contribution in [2.75, 3.05) is 57.4 Å². The molecule has 0 atom stereocenters. The van der Waals surface area contributed by atoms with Crippen LogP contribution in [0.1, 0.15) is 35.2 Å². The van der Waals surface area contributed by atoms with E-state index >= 15 is 0 Å². The van der Waals surface area contributed by atoms with Crippen molar-refractivity contribution < 1.29 is 14.3 Å². The quantitative estimate of drug-likeness (QED) is 0.757. The molecule has 1 amide bonds. The van der Waals surface area contributed by atoms with Crippen molar-refractivity contribution in [3.8, 4) is 11.5 Å². The number of hydrogen-bond acceptors (Lipinski definition) is 5. The second-order valence-electron chi connectivity index (χ2n) is 8.62. The molecule has 2 aromatic rings. The molecule has 3 aliphatic heterocycles. The first kappa shape index (κ1) is 20.2. The number of nitrogens with zero attached hydrogens (tertiary/aromatic N) is 3. The molecule has 2 fully saturated rings. The van der Waals surface area contributed by atoms with Crippen LogP contribution in [0.25, 0.3) is 0 Å². The van der Waals surface area contributed by atoms with Crippen molar-refractivity contribution in [2.45, 2.75) is 25.8 Å². The Morgan fingerprint density at radius 2 is 1.61 bits per heavy atom. The fourth-order valence-corrected chi connectivity index (χ4v) is 4.79. The van der Waals surface area contributed by atoms with Crippen molar-refractivity contribution in [3.63, 3.8) is 0 Å². The molecule has 6 nitrogen and oxygen atoms in total. The number of carbonyl (C=O) groups excluding carboxylic acids is 1. The van der Waals surface area contributed by atoms with Crippen molar-refractivity contribution in [2.24, 2.45) is 0 Å². The van der Waals surface area contributed by atoms with Gasteiger partial charge < -0.3 is 19.3 Å². The molecule has 0 aliphatic carbocycles. The lowest BCUT2D eigenvalue weighted by molar-refractivity contribution is 0.0724. The first-order valence-electron chi connectivity index (χ1n) is 11.5. The smallest absolute Gasteiger partial charge is 0.253 e. The number of rotatable bonds is 4. The molecule has 0 N–H and O–H groups in total. The minimum Gasteiger partial charge on any atom is -0.486 e. The molecular formula is C25H31N3O3. The van der Waals surface area contributed by atoms with Gasteiger partial charge in [0, 0.05) is 51.4 Å². The fourth-order valence-electron chi connectivity index (χ4n) is 4.79. The number of amides is 1. The number of anilines is 1. The Morgan fingerprint density at radius 3 is 2.45 bits per heavy atom. The predicted molar refractivity (Wildman–Crippen MR) is 121 cm³/mol. The van der Waals surface area contributed by atoms with Gasteiger partial charge >= 0.3 is 0 Å². The zero-order valence-corrected chi connectivity index (χ0v) is 18.1. The second kappa shape index (κ2) is 9.18. The fraction of sp³-hybridized carbons (Fsp3) is 0.480. The summed E-state index contributed by atoms with van der Waals surface area (Å²) in [4.78, 5) is 19.7. The number of carbonyl (C=O) groups is 1. The molecule has 0 saturated carbocycles. The van der Waals surface area contributed by atoms with Crippen LogP contribution in [0.3, 0.4) is 0 Å². The summed E-state index contributed by atoms with van der Waals surface area (Å²) in [7, 11) is 0. The van der Waals surface area contributed by atoms with Gasteiger partial charge in [-0.2, -0.15) is 0 Å². The van der Waals surface area contributed by atoms with E-state index in [-0.39, 0.29) is 5.91 Å². The van der Waals surface area contributed by atoms with Crippen LogP contribution < -0.4 is 14.4 Å². The highest BCUT2D eigenvalue weighted by molar-refractivity contribution is 5.94. The van der Waals surface area contributed by atoms with Gasteiger partial charge in [-0.3, -0.25) is 9.69 Å². The van der Waals surface area contributed by atoms with Crippen LogP contribution in [-0.2, 0) is 6.54 Å². The molecule has 0 radical (unpaired) electrons. The molecule has 3 aliphatic rings. The number of benzene rings is 2. The highest BCUT2D eigenvalue weighted by Gasteiger charge is 2.24. The molecule has 2 saturated heterocycles. The van der Waals surface area contributed by atoms with Crippen LogP contribution in [0, 0.1) is 0 Å². The summed E-state index contributed by atoms with van der Waals surface area (Å²) >= 11 is 0. The predicted octanol–water partition coefficient (Wildman–Crippen LogP) is 3.41. The number of piperidine rings is 1. The summed E-state index contributed by atoms with van der Waals surface area (Å²) in [6.45, 7) is 7.75. The third kappa shape index (κ3) is 4.49. The lowest BCUT2D eigenvalue weighted by Crippen LogP contribution is -2.46. The van der Waals surface area contributed by atoms with E-state index in [1.54, 1.807) is 0 Å². The first-order chi connectivity index (χ1) is 15.3. The number of ether oxygens (including phenoxy) is 2. The Labute approximate surface area is 184 Å². The summed E-state index contributed by atoms with van der Waals surface area (Å²) in [6.07, 6.45) is 3.48. The SMILES string of the molecule is O=C(c1cccc(CN2CCN(c3cccc4c3OCCO4)CC2)c1)N1CCCCC1. The Hall–Kier alpha value is -2.73. The molecule has 0 bridgehead atoms. The van der Waals surface area contributed by atoms with Gasteiger partial charge in [-0.15, -0.1) is 0 Å².